The molecule has 0 spiro atoms. The molecule has 1 aromatic carbocycles. The van der Waals surface area contributed by atoms with E-state index in [1.165, 1.54) is 5.52 Å². The van der Waals surface area contributed by atoms with Crippen molar-refractivity contribution in [2.45, 2.75) is 26.6 Å². The van der Waals surface area contributed by atoms with Crippen molar-refractivity contribution in [3.63, 3.8) is 0 Å². The van der Waals surface area contributed by atoms with Gasteiger partial charge in [0, 0.05) is 13.1 Å². The first-order valence-electron chi connectivity index (χ1n) is 7.23. The summed E-state index contributed by atoms with van der Waals surface area (Å²) >= 11 is 0. The van der Waals surface area contributed by atoms with E-state index in [1.54, 1.807) is 12.7 Å². The summed E-state index contributed by atoms with van der Waals surface area (Å²) < 4.78 is 4.13. The molecule has 0 aliphatic carbocycles. The van der Waals surface area contributed by atoms with Crippen molar-refractivity contribution in [1.29, 1.82) is 0 Å². The number of hydrogen-bond donors (Lipinski definition) is 0. The van der Waals surface area contributed by atoms with Gasteiger partial charge >= 0.3 is 0 Å². The van der Waals surface area contributed by atoms with Gasteiger partial charge in [-0.3, -0.25) is 9.58 Å². The molecule has 0 radical (unpaired) electrons. The lowest BCUT2D eigenvalue weighted by Gasteiger charge is -2.16. The summed E-state index contributed by atoms with van der Waals surface area (Å²) in [6.07, 6.45) is 3.31. The Morgan fingerprint density at radius 3 is 2.86 bits per heavy atom. The highest BCUT2D eigenvalue weighted by Crippen LogP contribution is 2.16. The summed E-state index contributed by atoms with van der Waals surface area (Å²) in [5.41, 5.74) is 2.28. The van der Waals surface area contributed by atoms with E-state index in [0.717, 1.165) is 37.5 Å². The number of aromatic nitrogens is 5. The molecule has 0 saturated carbocycles. The maximum atomic E-state index is 4.75. The molecule has 0 aliphatic rings. The number of likely N-dealkylation sites (N-methyl/N-ethyl adjacent to an activating group) is 1. The highest BCUT2D eigenvalue weighted by molar-refractivity contribution is 5.75. The van der Waals surface area contributed by atoms with Gasteiger partial charge in [-0.15, -0.1) is 0 Å². The highest BCUT2D eigenvalue weighted by atomic mass is 15.3. The van der Waals surface area contributed by atoms with Crippen molar-refractivity contribution in [2.24, 2.45) is 0 Å². The van der Waals surface area contributed by atoms with E-state index in [9.17, 15) is 0 Å². The molecule has 2 heterocycles. The minimum Gasteiger partial charge on any atom is -0.327 e. The standard InChI is InChI=1S/C15H20N6/c1-3-21-14-7-5-4-6-13(14)18-15(21)10-19(2)8-9-20-12-16-11-17-20/h4-7,11-12H,3,8-10H2,1-2H3. The molecular weight excluding hydrogens is 264 g/mol. The molecule has 6 nitrogen and oxygen atoms in total. The van der Waals surface area contributed by atoms with Crippen molar-refractivity contribution < 1.29 is 0 Å². The molecule has 110 valence electrons. The van der Waals surface area contributed by atoms with Gasteiger partial charge in [0.05, 0.1) is 24.1 Å². The second kappa shape index (κ2) is 6.05. The van der Waals surface area contributed by atoms with Gasteiger partial charge in [-0.25, -0.2) is 9.97 Å². The highest BCUT2D eigenvalue weighted by Gasteiger charge is 2.11. The number of para-hydroxylation sites is 2. The van der Waals surface area contributed by atoms with Crippen LogP contribution in [0.2, 0.25) is 0 Å². The van der Waals surface area contributed by atoms with Gasteiger partial charge in [0.25, 0.3) is 0 Å². The molecule has 6 heteroatoms. The van der Waals surface area contributed by atoms with Gasteiger partial charge in [-0.2, -0.15) is 5.10 Å². The first kappa shape index (κ1) is 13.8. The third-order valence-electron chi connectivity index (χ3n) is 3.64. The van der Waals surface area contributed by atoms with E-state index in [-0.39, 0.29) is 0 Å². The molecule has 0 atom stereocenters. The maximum Gasteiger partial charge on any atom is 0.137 e. The normalized spacial score (nSPS) is 11.6. The quantitative estimate of drug-likeness (QED) is 0.692. The van der Waals surface area contributed by atoms with Crippen molar-refractivity contribution in [3.8, 4) is 0 Å². The van der Waals surface area contributed by atoms with Crippen LogP contribution < -0.4 is 0 Å². The van der Waals surface area contributed by atoms with Gasteiger partial charge in [-0.05, 0) is 26.1 Å². The number of imidazole rings is 1. The van der Waals surface area contributed by atoms with Gasteiger partial charge in [0.1, 0.15) is 18.5 Å². The lowest BCUT2D eigenvalue weighted by Crippen LogP contribution is -2.24. The number of hydrogen-bond acceptors (Lipinski definition) is 4. The lowest BCUT2D eigenvalue weighted by molar-refractivity contribution is 0.294. The van der Waals surface area contributed by atoms with Crippen LogP contribution in [-0.4, -0.2) is 42.8 Å². The van der Waals surface area contributed by atoms with Crippen molar-refractivity contribution >= 4 is 11.0 Å². The smallest absolute Gasteiger partial charge is 0.137 e. The van der Waals surface area contributed by atoms with E-state index in [2.05, 4.69) is 51.7 Å². The zero-order chi connectivity index (χ0) is 14.7. The average molecular weight is 284 g/mol. The van der Waals surface area contributed by atoms with Gasteiger partial charge in [-0.1, -0.05) is 12.1 Å². The first-order valence-corrected chi connectivity index (χ1v) is 7.23. The Hall–Kier alpha value is -2.21. The number of fused-ring (bicyclic) bond motifs is 1. The van der Waals surface area contributed by atoms with E-state index in [0.29, 0.717) is 0 Å². The van der Waals surface area contributed by atoms with E-state index in [1.807, 2.05) is 10.7 Å². The SMILES string of the molecule is CCn1c(CN(C)CCn2cncn2)nc2ccccc21. The Kier molecular flexibility index (Phi) is 3.96. The lowest BCUT2D eigenvalue weighted by atomic mass is 10.3. The monoisotopic (exact) mass is 284 g/mol. The van der Waals surface area contributed by atoms with Crippen molar-refractivity contribution in [2.75, 3.05) is 13.6 Å². The minimum atomic E-state index is 0.831. The van der Waals surface area contributed by atoms with Crippen LogP contribution in [0.5, 0.6) is 0 Å². The predicted octanol–water partition coefficient (Wildman–Crippen LogP) is 1.78. The number of benzene rings is 1. The van der Waals surface area contributed by atoms with Gasteiger partial charge in [0.2, 0.25) is 0 Å². The summed E-state index contributed by atoms with van der Waals surface area (Å²) in [6.45, 7) is 5.68. The number of nitrogens with zero attached hydrogens (tertiary/aromatic N) is 6. The van der Waals surface area contributed by atoms with Crippen LogP contribution in [0, 0.1) is 0 Å². The summed E-state index contributed by atoms with van der Waals surface area (Å²) in [7, 11) is 2.11. The predicted molar refractivity (Wildman–Crippen MR) is 81.8 cm³/mol. The van der Waals surface area contributed by atoms with Crippen LogP contribution in [0.4, 0.5) is 0 Å². The molecule has 0 bridgehead atoms. The molecule has 0 aliphatic heterocycles. The third kappa shape index (κ3) is 2.95. The first-order chi connectivity index (χ1) is 10.3. The fraction of sp³-hybridized carbons (Fsp3) is 0.400. The molecule has 2 aromatic heterocycles. The zero-order valence-electron chi connectivity index (χ0n) is 12.5. The van der Waals surface area contributed by atoms with Crippen LogP contribution in [0.1, 0.15) is 12.7 Å². The second-order valence-corrected chi connectivity index (χ2v) is 5.16. The average Bonchev–Trinajstić information content (AvgIpc) is 3.12. The largest absolute Gasteiger partial charge is 0.327 e. The minimum absolute atomic E-state index is 0.831. The van der Waals surface area contributed by atoms with E-state index >= 15 is 0 Å². The zero-order valence-corrected chi connectivity index (χ0v) is 12.5. The summed E-state index contributed by atoms with van der Waals surface area (Å²) in [5, 5.41) is 4.12. The Labute approximate surface area is 124 Å². The van der Waals surface area contributed by atoms with Crippen LogP contribution in [0.3, 0.4) is 0 Å². The van der Waals surface area contributed by atoms with E-state index in [4.69, 9.17) is 4.98 Å². The number of aryl methyl sites for hydroxylation is 1. The van der Waals surface area contributed by atoms with Crippen molar-refractivity contribution in [1.82, 2.24) is 29.2 Å². The fourth-order valence-electron chi connectivity index (χ4n) is 2.54. The molecule has 3 aromatic rings. The number of rotatable bonds is 6. The van der Waals surface area contributed by atoms with Crippen LogP contribution in [-0.2, 0) is 19.6 Å². The molecule has 21 heavy (non-hydrogen) atoms. The Balaban J connectivity index is 1.71. The Morgan fingerprint density at radius 2 is 2.10 bits per heavy atom. The molecule has 0 N–H and O–H groups in total. The molecular formula is C15H20N6. The van der Waals surface area contributed by atoms with Crippen LogP contribution in [0.25, 0.3) is 11.0 Å². The summed E-state index contributed by atoms with van der Waals surface area (Å²) in [6, 6.07) is 8.30. The Bertz CT molecular complexity index is 700. The summed E-state index contributed by atoms with van der Waals surface area (Å²) in [4.78, 5) is 11.0. The molecule has 0 fully saturated rings. The second-order valence-electron chi connectivity index (χ2n) is 5.16. The molecule has 0 saturated heterocycles. The summed E-state index contributed by atoms with van der Waals surface area (Å²) in [5.74, 6) is 1.11. The van der Waals surface area contributed by atoms with Crippen molar-refractivity contribution in [3.05, 3.63) is 42.7 Å². The third-order valence-corrected chi connectivity index (χ3v) is 3.64. The van der Waals surface area contributed by atoms with Crippen LogP contribution >= 0.6 is 0 Å². The van der Waals surface area contributed by atoms with Crippen LogP contribution in [0.15, 0.2) is 36.9 Å². The fourth-order valence-corrected chi connectivity index (χ4v) is 2.54. The Morgan fingerprint density at radius 1 is 1.24 bits per heavy atom. The van der Waals surface area contributed by atoms with Gasteiger partial charge < -0.3 is 4.57 Å². The molecule has 3 rings (SSSR count). The molecule has 0 unspecified atom stereocenters. The topological polar surface area (TPSA) is 51.8 Å². The van der Waals surface area contributed by atoms with E-state index < -0.39 is 0 Å². The van der Waals surface area contributed by atoms with Gasteiger partial charge in [0.15, 0.2) is 0 Å². The maximum absolute atomic E-state index is 4.75. The molecule has 0 amide bonds.